The molecule has 1 nitrogen and oxygen atoms in total. The fourth-order valence-electron chi connectivity index (χ4n) is 0.956. The molecule has 14 heavy (non-hydrogen) atoms. The van der Waals surface area contributed by atoms with Gasteiger partial charge in [0.2, 0.25) is 0 Å². The maximum atomic E-state index is 3.26. The Morgan fingerprint density at radius 1 is 0.643 bits per heavy atom. The van der Waals surface area contributed by atoms with Gasteiger partial charge >= 0.3 is 0 Å². The van der Waals surface area contributed by atoms with Gasteiger partial charge in [-0.15, -0.1) is 0 Å². The van der Waals surface area contributed by atoms with Gasteiger partial charge in [0, 0.05) is 47.6 Å². The molecule has 0 aromatic rings. The molecule has 86 valence electrons. The summed E-state index contributed by atoms with van der Waals surface area (Å²) in [5.41, 5.74) is 0. The molecule has 0 amide bonds. The molecule has 1 N–H and O–H groups in total. The van der Waals surface area contributed by atoms with E-state index in [4.69, 9.17) is 0 Å². The summed E-state index contributed by atoms with van der Waals surface area (Å²) in [4.78, 5) is 0. The van der Waals surface area contributed by atoms with Crippen LogP contribution in [0.3, 0.4) is 0 Å². The number of nitrogens with one attached hydrogen (secondary N) is 1. The highest BCUT2D eigenvalue weighted by Gasteiger charge is 1.95. The third-order valence-electron chi connectivity index (χ3n) is 1.59. The van der Waals surface area contributed by atoms with Crippen LogP contribution >= 0.6 is 35.3 Å². The lowest BCUT2D eigenvalue weighted by Crippen LogP contribution is -2.24. The Bertz CT molecular complexity index is 58.3. The second-order valence-electron chi connectivity index (χ2n) is 2.59. The minimum atomic E-state index is 1.21. The largest absolute Gasteiger partial charge is 0.315 e. The second kappa shape index (κ2) is 14.0. The van der Waals surface area contributed by atoms with Gasteiger partial charge in [0.25, 0.3) is 0 Å². The molecule has 0 unspecified atom stereocenters. The van der Waals surface area contributed by atoms with Crippen molar-refractivity contribution >= 4 is 35.3 Å². The first-order valence-electron chi connectivity index (χ1n) is 5.44. The van der Waals surface area contributed by atoms with E-state index in [0.29, 0.717) is 0 Å². The first-order valence-corrected chi connectivity index (χ1v) is 8.90. The molecule has 0 spiro atoms. The van der Waals surface area contributed by atoms with Crippen molar-refractivity contribution in [2.24, 2.45) is 0 Å². The third-order valence-corrected chi connectivity index (χ3v) is 5.06. The van der Waals surface area contributed by atoms with E-state index in [0.717, 1.165) is 0 Å². The zero-order chi connectivity index (χ0) is 10.5. The van der Waals surface area contributed by atoms with Gasteiger partial charge in [-0.05, 0) is 0 Å². The molecule has 0 aromatic carbocycles. The molecule has 0 radical (unpaired) electrons. The Labute approximate surface area is 102 Å². The number of thioether (sulfide) groups is 3. The van der Waals surface area contributed by atoms with E-state index in [1.807, 2.05) is 25.6 Å². The summed E-state index contributed by atoms with van der Waals surface area (Å²) in [6.45, 7) is 6.43. The van der Waals surface area contributed by atoms with Crippen molar-refractivity contribution < 1.29 is 0 Å². The molecule has 2 saturated heterocycles. The van der Waals surface area contributed by atoms with E-state index >= 15 is 0 Å². The van der Waals surface area contributed by atoms with E-state index in [-0.39, 0.29) is 0 Å². The SMILES string of the molecule is C1CSCCN1.C1CSCCS1.CC. The van der Waals surface area contributed by atoms with E-state index in [1.54, 1.807) is 0 Å². The van der Waals surface area contributed by atoms with E-state index < -0.39 is 0 Å². The van der Waals surface area contributed by atoms with Gasteiger partial charge in [-0.1, -0.05) is 13.8 Å². The fraction of sp³-hybridized carbons (Fsp3) is 1.00. The molecular weight excluding hydrogens is 230 g/mol. The molecule has 0 aromatic heterocycles. The molecule has 2 aliphatic heterocycles. The van der Waals surface area contributed by atoms with Crippen LogP contribution < -0.4 is 5.32 Å². The maximum absolute atomic E-state index is 3.26. The summed E-state index contributed by atoms with van der Waals surface area (Å²) in [7, 11) is 0. The van der Waals surface area contributed by atoms with Crippen LogP contribution in [0.2, 0.25) is 0 Å². The first kappa shape index (κ1) is 15.0. The highest BCUT2D eigenvalue weighted by atomic mass is 32.2. The minimum absolute atomic E-state index is 1.21. The summed E-state index contributed by atoms with van der Waals surface area (Å²) in [6, 6.07) is 0. The highest BCUT2D eigenvalue weighted by molar-refractivity contribution is 8.06. The Kier molecular flexibility index (Phi) is 15.0. The van der Waals surface area contributed by atoms with Crippen molar-refractivity contribution in [3.63, 3.8) is 0 Å². The van der Waals surface area contributed by atoms with Gasteiger partial charge in [0.1, 0.15) is 0 Å². The standard InChI is InChI=1S/C4H9NS.C4H8S2.C2H6/c1-3-6-4-2-5-1;1-2-6-4-3-5-1;1-2/h5H,1-4H2;1-4H2;1-2H3. The monoisotopic (exact) mass is 253 g/mol. The van der Waals surface area contributed by atoms with Crippen molar-refractivity contribution in [3.05, 3.63) is 0 Å². The molecule has 2 aliphatic rings. The molecule has 0 aliphatic carbocycles. The van der Waals surface area contributed by atoms with Crippen LogP contribution in [0.1, 0.15) is 13.8 Å². The van der Waals surface area contributed by atoms with E-state index in [2.05, 4.69) is 28.8 Å². The van der Waals surface area contributed by atoms with Gasteiger partial charge in [-0.2, -0.15) is 35.3 Å². The fourth-order valence-corrected chi connectivity index (χ4v) is 4.03. The van der Waals surface area contributed by atoms with Gasteiger partial charge in [0.05, 0.1) is 0 Å². The zero-order valence-electron chi connectivity index (χ0n) is 9.38. The summed E-state index contributed by atoms with van der Waals surface area (Å²) in [5, 5.41) is 3.26. The van der Waals surface area contributed by atoms with Crippen LogP contribution in [-0.2, 0) is 0 Å². The predicted molar refractivity (Wildman–Crippen MR) is 76.2 cm³/mol. The average Bonchev–Trinajstić information content (AvgIpc) is 2.37. The van der Waals surface area contributed by atoms with Gasteiger partial charge in [-0.3, -0.25) is 0 Å². The molecule has 4 heteroatoms. The summed E-state index contributed by atoms with van der Waals surface area (Å²) in [5.74, 6) is 8.13. The Hall–Kier alpha value is 1.01. The Morgan fingerprint density at radius 3 is 1.14 bits per heavy atom. The smallest absolute Gasteiger partial charge is 0.00585 e. The van der Waals surface area contributed by atoms with E-state index in [1.165, 1.54) is 47.6 Å². The number of hydrogen-bond acceptors (Lipinski definition) is 4. The zero-order valence-corrected chi connectivity index (χ0v) is 11.8. The van der Waals surface area contributed by atoms with Crippen molar-refractivity contribution in [2.45, 2.75) is 13.8 Å². The quantitative estimate of drug-likeness (QED) is 0.712. The average molecular weight is 254 g/mol. The topological polar surface area (TPSA) is 12.0 Å². The highest BCUT2D eigenvalue weighted by Crippen LogP contribution is 2.14. The molecular formula is C10H23NS3. The lowest BCUT2D eigenvalue weighted by atomic mass is 10.6. The normalized spacial score (nSPS) is 21.0. The van der Waals surface area contributed by atoms with Crippen LogP contribution in [0.4, 0.5) is 0 Å². The van der Waals surface area contributed by atoms with Crippen molar-refractivity contribution in [2.75, 3.05) is 47.6 Å². The molecule has 2 heterocycles. The second-order valence-corrected chi connectivity index (χ2v) is 6.26. The number of rotatable bonds is 0. The lowest BCUT2D eigenvalue weighted by molar-refractivity contribution is 0.756. The Balaban J connectivity index is 0.000000206. The Morgan fingerprint density at radius 2 is 1.00 bits per heavy atom. The van der Waals surface area contributed by atoms with Crippen LogP contribution in [0, 0.1) is 0 Å². The van der Waals surface area contributed by atoms with Crippen molar-refractivity contribution in [1.29, 1.82) is 0 Å². The molecule has 0 atom stereocenters. The molecule has 2 fully saturated rings. The number of hydrogen-bond donors (Lipinski definition) is 1. The van der Waals surface area contributed by atoms with Gasteiger partial charge < -0.3 is 5.32 Å². The molecule has 0 saturated carbocycles. The summed E-state index contributed by atoms with van der Waals surface area (Å²) in [6.07, 6.45) is 0. The van der Waals surface area contributed by atoms with Crippen LogP contribution in [0.15, 0.2) is 0 Å². The lowest BCUT2D eigenvalue weighted by Gasteiger charge is -2.08. The third kappa shape index (κ3) is 11.1. The maximum Gasteiger partial charge on any atom is 0.00585 e. The van der Waals surface area contributed by atoms with Gasteiger partial charge in [0.15, 0.2) is 0 Å². The summed E-state index contributed by atoms with van der Waals surface area (Å²) >= 11 is 6.18. The molecule has 0 bridgehead atoms. The minimum Gasteiger partial charge on any atom is -0.315 e. The van der Waals surface area contributed by atoms with Gasteiger partial charge in [-0.25, -0.2) is 0 Å². The van der Waals surface area contributed by atoms with Crippen LogP contribution in [0.25, 0.3) is 0 Å². The van der Waals surface area contributed by atoms with Crippen molar-refractivity contribution in [3.8, 4) is 0 Å². The first-order chi connectivity index (χ1) is 7.00. The van der Waals surface area contributed by atoms with Crippen LogP contribution in [0.5, 0.6) is 0 Å². The van der Waals surface area contributed by atoms with E-state index in [9.17, 15) is 0 Å². The molecule has 2 rings (SSSR count). The summed E-state index contributed by atoms with van der Waals surface area (Å²) < 4.78 is 0. The van der Waals surface area contributed by atoms with Crippen molar-refractivity contribution in [1.82, 2.24) is 5.32 Å². The van der Waals surface area contributed by atoms with Crippen LogP contribution in [-0.4, -0.2) is 47.6 Å². The predicted octanol–water partition coefficient (Wildman–Crippen LogP) is 2.82.